The normalized spacial score (nSPS) is 13.8. The number of anilines is 1. The van der Waals surface area contributed by atoms with Crippen LogP contribution in [-0.2, 0) is 4.79 Å². The van der Waals surface area contributed by atoms with Gasteiger partial charge in [-0.3, -0.25) is 4.79 Å². The molecule has 0 fully saturated rings. The van der Waals surface area contributed by atoms with Crippen molar-refractivity contribution in [2.45, 2.75) is 27.2 Å². The summed E-state index contributed by atoms with van der Waals surface area (Å²) in [4.78, 5) is 12.1. The summed E-state index contributed by atoms with van der Waals surface area (Å²) in [6, 6.07) is 7.37. The Kier molecular flexibility index (Phi) is 5.16. The maximum Gasteiger partial charge on any atom is 0.231 e. The Labute approximate surface area is 109 Å². The number of hydrogen-bond donors (Lipinski definition) is 2. The molecular weight excluding hydrogens is 228 g/mol. The Bertz CT molecular complexity index is 401. The highest BCUT2D eigenvalue weighted by atomic mass is 16.5. The lowest BCUT2D eigenvalue weighted by Gasteiger charge is -2.25. The van der Waals surface area contributed by atoms with Crippen molar-refractivity contribution >= 4 is 11.6 Å². The molecule has 1 rings (SSSR count). The molecule has 3 N–H and O–H groups in total. The standard InChI is InChI=1S/C14H22N2O2/c1-4-14(3,10-15)13(17)16-11-7-6-8-12(9-11)18-5-2/h6-9H,4-5,10,15H2,1-3H3,(H,16,17). The van der Waals surface area contributed by atoms with Crippen molar-refractivity contribution in [2.75, 3.05) is 18.5 Å². The van der Waals surface area contributed by atoms with Gasteiger partial charge in [-0.05, 0) is 32.4 Å². The Hall–Kier alpha value is -1.55. The van der Waals surface area contributed by atoms with E-state index in [4.69, 9.17) is 10.5 Å². The van der Waals surface area contributed by atoms with Gasteiger partial charge in [-0.25, -0.2) is 0 Å². The monoisotopic (exact) mass is 250 g/mol. The van der Waals surface area contributed by atoms with Gasteiger partial charge in [0.2, 0.25) is 5.91 Å². The second kappa shape index (κ2) is 6.40. The number of ether oxygens (including phenoxy) is 1. The first-order valence-corrected chi connectivity index (χ1v) is 6.30. The van der Waals surface area contributed by atoms with Gasteiger partial charge in [0.25, 0.3) is 0 Å². The molecule has 0 heterocycles. The molecule has 0 aliphatic carbocycles. The maximum absolute atomic E-state index is 12.1. The summed E-state index contributed by atoms with van der Waals surface area (Å²) in [6.45, 7) is 6.69. The molecule has 0 bridgehead atoms. The first-order chi connectivity index (χ1) is 8.55. The van der Waals surface area contributed by atoms with Crippen molar-refractivity contribution in [3.63, 3.8) is 0 Å². The average molecular weight is 250 g/mol. The van der Waals surface area contributed by atoms with E-state index in [2.05, 4.69) is 5.32 Å². The second-order valence-electron chi connectivity index (χ2n) is 4.53. The summed E-state index contributed by atoms with van der Waals surface area (Å²) in [6.07, 6.45) is 0.709. The van der Waals surface area contributed by atoms with Crippen molar-refractivity contribution in [1.82, 2.24) is 0 Å². The van der Waals surface area contributed by atoms with Gasteiger partial charge < -0.3 is 15.8 Å². The lowest BCUT2D eigenvalue weighted by molar-refractivity contribution is -0.124. The molecule has 0 spiro atoms. The Morgan fingerprint density at radius 1 is 1.44 bits per heavy atom. The van der Waals surface area contributed by atoms with E-state index < -0.39 is 5.41 Å². The largest absolute Gasteiger partial charge is 0.494 e. The molecule has 18 heavy (non-hydrogen) atoms. The molecule has 4 nitrogen and oxygen atoms in total. The third-order valence-corrected chi connectivity index (χ3v) is 3.18. The lowest BCUT2D eigenvalue weighted by Crippen LogP contribution is -2.39. The minimum Gasteiger partial charge on any atom is -0.494 e. The van der Waals surface area contributed by atoms with E-state index in [9.17, 15) is 4.79 Å². The van der Waals surface area contributed by atoms with Gasteiger partial charge in [-0.15, -0.1) is 0 Å². The average Bonchev–Trinajstić information content (AvgIpc) is 2.38. The molecule has 1 aromatic rings. The van der Waals surface area contributed by atoms with E-state index in [0.717, 1.165) is 11.4 Å². The molecule has 0 saturated carbocycles. The third kappa shape index (κ3) is 3.47. The van der Waals surface area contributed by atoms with E-state index in [-0.39, 0.29) is 5.91 Å². The van der Waals surface area contributed by atoms with Crippen LogP contribution in [-0.4, -0.2) is 19.1 Å². The third-order valence-electron chi connectivity index (χ3n) is 3.18. The molecule has 4 heteroatoms. The van der Waals surface area contributed by atoms with Crippen LogP contribution in [0.5, 0.6) is 5.75 Å². The van der Waals surface area contributed by atoms with E-state index in [1.54, 1.807) is 0 Å². The highest BCUT2D eigenvalue weighted by Gasteiger charge is 2.29. The number of nitrogens with one attached hydrogen (secondary N) is 1. The highest BCUT2D eigenvalue weighted by Crippen LogP contribution is 2.23. The van der Waals surface area contributed by atoms with Crippen LogP contribution >= 0.6 is 0 Å². The van der Waals surface area contributed by atoms with Crippen LogP contribution in [0.1, 0.15) is 27.2 Å². The molecule has 0 aliphatic rings. The molecule has 1 atom stereocenters. The summed E-state index contributed by atoms with van der Waals surface area (Å²) in [5.74, 6) is 0.697. The summed E-state index contributed by atoms with van der Waals surface area (Å²) in [5, 5.41) is 2.88. The van der Waals surface area contributed by atoms with E-state index >= 15 is 0 Å². The number of carbonyl (C=O) groups excluding carboxylic acids is 1. The zero-order valence-corrected chi connectivity index (χ0v) is 11.3. The lowest BCUT2D eigenvalue weighted by atomic mass is 9.86. The van der Waals surface area contributed by atoms with Crippen LogP contribution in [0.3, 0.4) is 0 Å². The zero-order chi connectivity index (χ0) is 13.6. The molecule has 1 unspecified atom stereocenters. The predicted molar refractivity (Wildman–Crippen MR) is 73.7 cm³/mol. The number of amides is 1. The van der Waals surface area contributed by atoms with Crippen LogP contribution in [0.25, 0.3) is 0 Å². The SMILES string of the molecule is CCOc1cccc(NC(=O)C(C)(CC)CN)c1. The van der Waals surface area contributed by atoms with Gasteiger partial charge in [0.15, 0.2) is 0 Å². The minimum atomic E-state index is -0.526. The van der Waals surface area contributed by atoms with Gasteiger partial charge in [-0.1, -0.05) is 13.0 Å². The first-order valence-electron chi connectivity index (χ1n) is 6.30. The van der Waals surface area contributed by atoms with Gasteiger partial charge in [0.1, 0.15) is 5.75 Å². The van der Waals surface area contributed by atoms with Crippen molar-refractivity contribution in [1.29, 1.82) is 0 Å². The molecular formula is C14H22N2O2. The van der Waals surface area contributed by atoms with Crippen LogP contribution in [0.2, 0.25) is 0 Å². The summed E-state index contributed by atoms with van der Waals surface area (Å²) in [5.41, 5.74) is 5.87. The van der Waals surface area contributed by atoms with Gasteiger partial charge in [0, 0.05) is 18.3 Å². The maximum atomic E-state index is 12.1. The van der Waals surface area contributed by atoms with Crippen molar-refractivity contribution in [3.05, 3.63) is 24.3 Å². The fourth-order valence-electron chi connectivity index (χ4n) is 1.51. The number of benzene rings is 1. The van der Waals surface area contributed by atoms with Gasteiger partial charge in [0.05, 0.1) is 12.0 Å². The molecule has 100 valence electrons. The number of rotatable bonds is 6. The van der Waals surface area contributed by atoms with E-state index in [1.165, 1.54) is 0 Å². The second-order valence-corrected chi connectivity index (χ2v) is 4.53. The topological polar surface area (TPSA) is 64.3 Å². The Morgan fingerprint density at radius 3 is 2.72 bits per heavy atom. The molecule has 1 amide bonds. The quantitative estimate of drug-likeness (QED) is 0.814. The number of carbonyl (C=O) groups is 1. The molecule has 0 aliphatic heterocycles. The Balaban J connectivity index is 2.78. The fraction of sp³-hybridized carbons (Fsp3) is 0.500. The highest BCUT2D eigenvalue weighted by molar-refractivity contribution is 5.95. The van der Waals surface area contributed by atoms with Crippen molar-refractivity contribution < 1.29 is 9.53 Å². The van der Waals surface area contributed by atoms with Crippen LogP contribution in [0.15, 0.2) is 24.3 Å². The van der Waals surface area contributed by atoms with Gasteiger partial charge in [-0.2, -0.15) is 0 Å². The predicted octanol–water partition coefficient (Wildman–Crippen LogP) is 2.40. The van der Waals surface area contributed by atoms with Gasteiger partial charge >= 0.3 is 0 Å². The van der Waals surface area contributed by atoms with Crippen LogP contribution < -0.4 is 15.8 Å². The summed E-state index contributed by atoms with van der Waals surface area (Å²) >= 11 is 0. The van der Waals surface area contributed by atoms with Crippen LogP contribution in [0.4, 0.5) is 5.69 Å². The molecule has 1 aromatic carbocycles. The zero-order valence-electron chi connectivity index (χ0n) is 11.3. The van der Waals surface area contributed by atoms with E-state index in [0.29, 0.717) is 19.6 Å². The van der Waals surface area contributed by atoms with Crippen LogP contribution in [0, 0.1) is 5.41 Å². The smallest absolute Gasteiger partial charge is 0.231 e. The van der Waals surface area contributed by atoms with Crippen molar-refractivity contribution in [3.8, 4) is 5.75 Å². The molecule has 0 saturated heterocycles. The Morgan fingerprint density at radius 2 is 2.17 bits per heavy atom. The number of hydrogen-bond acceptors (Lipinski definition) is 3. The minimum absolute atomic E-state index is 0.0545. The van der Waals surface area contributed by atoms with E-state index in [1.807, 2.05) is 45.0 Å². The first kappa shape index (κ1) is 14.5. The van der Waals surface area contributed by atoms with Crippen molar-refractivity contribution in [2.24, 2.45) is 11.1 Å². The fourth-order valence-corrected chi connectivity index (χ4v) is 1.51. The number of nitrogens with two attached hydrogens (primary N) is 1. The molecule has 0 aromatic heterocycles. The summed E-state index contributed by atoms with van der Waals surface area (Å²) < 4.78 is 5.39. The molecule has 0 radical (unpaired) electrons. The summed E-state index contributed by atoms with van der Waals surface area (Å²) in [7, 11) is 0.